The molecule has 0 aromatic heterocycles. The first-order valence-electron chi connectivity index (χ1n) is 5.45. The maximum atomic E-state index is 12.8. The molecule has 0 amide bonds. The van der Waals surface area contributed by atoms with Crippen LogP contribution in [-0.4, -0.2) is 5.84 Å². The van der Waals surface area contributed by atoms with E-state index >= 15 is 0 Å². The van der Waals surface area contributed by atoms with Gasteiger partial charge in [0.2, 0.25) is 0 Å². The predicted octanol–water partition coefficient (Wildman–Crippen LogP) is 3.57. The Morgan fingerprint density at radius 1 is 1.17 bits per heavy atom. The fraction of sp³-hybridized carbons (Fsp3) is 0.0714. The van der Waals surface area contributed by atoms with Gasteiger partial charge in [-0.05, 0) is 43.3 Å². The minimum atomic E-state index is -0.255. The zero-order valence-corrected chi connectivity index (χ0v) is 10.7. The fourth-order valence-electron chi connectivity index (χ4n) is 1.57. The molecule has 3 N–H and O–H groups in total. The average molecular weight is 260 g/mol. The highest BCUT2D eigenvalue weighted by Crippen LogP contribution is 2.30. The van der Waals surface area contributed by atoms with Gasteiger partial charge in [-0.1, -0.05) is 23.4 Å². The molecule has 0 bridgehead atoms. The molecular formula is C14H13FN2S. The highest BCUT2D eigenvalue weighted by molar-refractivity contribution is 7.99. The second kappa shape index (κ2) is 5.23. The number of nitrogen functional groups attached to an aromatic ring is 1. The molecule has 0 heterocycles. The van der Waals surface area contributed by atoms with Crippen molar-refractivity contribution in [2.75, 3.05) is 0 Å². The highest BCUT2D eigenvalue weighted by Gasteiger charge is 2.07. The van der Waals surface area contributed by atoms with E-state index in [9.17, 15) is 4.39 Å². The van der Waals surface area contributed by atoms with Crippen molar-refractivity contribution in [3.8, 4) is 0 Å². The Bertz CT molecular complexity index is 579. The molecule has 92 valence electrons. The van der Waals surface area contributed by atoms with Gasteiger partial charge in [-0.25, -0.2) is 4.39 Å². The van der Waals surface area contributed by atoms with E-state index in [-0.39, 0.29) is 11.7 Å². The molecule has 0 aliphatic carbocycles. The lowest BCUT2D eigenvalue weighted by atomic mass is 10.1. The summed E-state index contributed by atoms with van der Waals surface area (Å²) in [5.74, 6) is -0.210. The monoisotopic (exact) mass is 260 g/mol. The second-order valence-electron chi connectivity index (χ2n) is 3.97. The van der Waals surface area contributed by atoms with Crippen molar-refractivity contribution in [1.82, 2.24) is 0 Å². The molecule has 0 unspecified atom stereocenters. The van der Waals surface area contributed by atoms with Gasteiger partial charge in [0.25, 0.3) is 0 Å². The Kier molecular flexibility index (Phi) is 3.67. The van der Waals surface area contributed by atoms with E-state index < -0.39 is 0 Å². The summed E-state index contributed by atoms with van der Waals surface area (Å²) in [6.07, 6.45) is 0. The lowest BCUT2D eigenvalue weighted by molar-refractivity contribution is 0.626. The Hall–Kier alpha value is -1.81. The maximum Gasteiger partial charge on any atom is 0.123 e. The predicted molar refractivity (Wildman–Crippen MR) is 72.7 cm³/mol. The number of aryl methyl sites for hydroxylation is 1. The number of nitrogens with one attached hydrogen (secondary N) is 1. The Balaban J connectivity index is 2.34. The van der Waals surface area contributed by atoms with Crippen molar-refractivity contribution in [3.63, 3.8) is 0 Å². The van der Waals surface area contributed by atoms with Crippen molar-refractivity contribution in [3.05, 3.63) is 59.4 Å². The number of nitrogens with two attached hydrogens (primary N) is 1. The van der Waals surface area contributed by atoms with Gasteiger partial charge in [0.1, 0.15) is 11.7 Å². The molecule has 0 aliphatic heterocycles. The van der Waals surface area contributed by atoms with Gasteiger partial charge in [-0.15, -0.1) is 0 Å². The van der Waals surface area contributed by atoms with Crippen LogP contribution in [0.4, 0.5) is 4.39 Å². The number of rotatable bonds is 3. The zero-order chi connectivity index (χ0) is 13.1. The van der Waals surface area contributed by atoms with Crippen molar-refractivity contribution >= 4 is 17.6 Å². The van der Waals surface area contributed by atoms with Gasteiger partial charge in [0, 0.05) is 15.4 Å². The summed E-state index contributed by atoms with van der Waals surface area (Å²) < 4.78 is 12.8. The molecule has 0 saturated carbocycles. The molecule has 0 atom stereocenters. The topological polar surface area (TPSA) is 49.9 Å². The molecule has 0 fully saturated rings. The molecule has 2 aromatic rings. The Morgan fingerprint density at radius 2 is 1.83 bits per heavy atom. The molecule has 18 heavy (non-hydrogen) atoms. The van der Waals surface area contributed by atoms with E-state index in [1.807, 2.05) is 25.1 Å². The van der Waals surface area contributed by atoms with Crippen LogP contribution in [0.25, 0.3) is 0 Å². The van der Waals surface area contributed by atoms with E-state index in [4.69, 9.17) is 11.1 Å². The third-order valence-electron chi connectivity index (χ3n) is 2.47. The lowest BCUT2D eigenvalue weighted by Crippen LogP contribution is -2.12. The smallest absolute Gasteiger partial charge is 0.123 e. The summed E-state index contributed by atoms with van der Waals surface area (Å²) in [5.41, 5.74) is 7.34. The number of benzene rings is 2. The van der Waals surface area contributed by atoms with Crippen LogP contribution in [0.3, 0.4) is 0 Å². The van der Waals surface area contributed by atoms with Gasteiger partial charge in [-0.3, -0.25) is 5.41 Å². The van der Waals surface area contributed by atoms with Crippen LogP contribution in [-0.2, 0) is 0 Å². The van der Waals surface area contributed by atoms with E-state index in [1.165, 1.54) is 23.9 Å². The summed E-state index contributed by atoms with van der Waals surface area (Å²) in [6.45, 7) is 1.96. The first kappa shape index (κ1) is 12.6. The molecule has 4 heteroatoms. The van der Waals surface area contributed by atoms with Crippen LogP contribution >= 0.6 is 11.8 Å². The van der Waals surface area contributed by atoms with Crippen LogP contribution in [0.15, 0.2) is 52.3 Å². The molecule has 0 spiro atoms. The van der Waals surface area contributed by atoms with Crippen LogP contribution < -0.4 is 5.73 Å². The molecule has 2 nitrogen and oxygen atoms in total. The van der Waals surface area contributed by atoms with Gasteiger partial charge in [0.05, 0.1) is 0 Å². The normalized spacial score (nSPS) is 10.3. The Labute approximate surface area is 110 Å². The first-order chi connectivity index (χ1) is 8.56. The van der Waals surface area contributed by atoms with E-state index in [2.05, 4.69) is 0 Å². The van der Waals surface area contributed by atoms with Crippen molar-refractivity contribution < 1.29 is 4.39 Å². The zero-order valence-electron chi connectivity index (χ0n) is 9.91. The first-order valence-corrected chi connectivity index (χ1v) is 6.26. The van der Waals surface area contributed by atoms with Gasteiger partial charge in [-0.2, -0.15) is 0 Å². The van der Waals surface area contributed by atoms with Gasteiger partial charge < -0.3 is 5.73 Å². The molecule has 0 aliphatic rings. The van der Waals surface area contributed by atoms with E-state index in [0.717, 1.165) is 15.4 Å². The second-order valence-corrected chi connectivity index (χ2v) is 5.08. The van der Waals surface area contributed by atoms with E-state index in [1.54, 1.807) is 12.1 Å². The van der Waals surface area contributed by atoms with Crippen molar-refractivity contribution in [1.29, 1.82) is 5.41 Å². The molecule has 2 aromatic carbocycles. The maximum absolute atomic E-state index is 12.8. The van der Waals surface area contributed by atoms with Crippen molar-refractivity contribution in [2.45, 2.75) is 16.7 Å². The van der Waals surface area contributed by atoms with Crippen LogP contribution in [0.1, 0.15) is 11.1 Å². The molecule has 2 rings (SSSR count). The van der Waals surface area contributed by atoms with Crippen LogP contribution in [0.2, 0.25) is 0 Å². The summed E-state index contributed by atoms with van der Waals surface area (Å²) in [5, 5.41) is 7.58. The molecular weight excluding hydrogens is 247 g/mol. The Morgan fingerprint density at radius 3 is 2.44 bits per heavy atom. The standard InChI is InChI=1S/C14H13FN2S/c1-9-2-7-13(12(8-9)14(16)17)18-11-5-3-10(15)4-6-11/h2-8H,1H3,(H3,16,17). The largest absolute Gasteiger partial charge is 0.384 e. The minimum Gasteiger partial charge on any atom is -0.384 e. The molecule has 0 radical (unpaired) electrons. The summed E-state index contributed by atoms with van der Waals surface area (Å²) in [4.78, 5) is 1.82. The minimum absolute atomic E-state index is 0.0447. The quantitative estimate of drug-likeness (QED) is 0.654. The number of hydrogen-bond acceptors (Lipinski definition) is 2. The fourth-order valence-corrected chi connectivity index (χ4v) is 2.51. The van der Waals surface area contributed by atoms with Gasteiger partial charge >= 0.3 is 0 Å². The average Bonchev–Trinajstić information content (AvgIpc) is 2.34. The third-order valence-corrected chi connectivity index (χ3v) is 3.55. The number of amidine groups is 1. The SMILES string of the molecule is Cc1ccc(Sc2ccc(F)cc2)c(C(=N)N)c1. The highest BCUT2D eigenvalue weighted by atomic mass is 32.2. The molecule has 0 saturated heterocycles. The van der Waals surface area contributed by atoms with Crippen molar-refractivity contribution in [2.24, 2.45) is 5.73 Å². The summed E-state index contributed by atoms with van der Waals surface area (Å²) in [7, 11) is 0. The lowest BCUT2D eigenvalue weighted by Gasteiger charge is -2.09. The van der Waals surface area contributed by atoms with Crippen LogP contribution in [0.5, 0.6) is 0 Å². The van der Waals surface area contributed by atoms with E-state index in [0.29, 0.717) is 5.56 Å². The number of hydrogen-bond donors (Lipinski definition) is 2. The number of halogens is 1. The van der Waals surface area contributed by atoms with Gasteiger partial charge in [0.15, 0.2) is 0 Å². The summed E-state index contributed by atoms with van der Waals surface area (Å²) in [6, 6.07) is 12.0. The summed E-state index contributed by atoms with van der Waals surface area (Å²) >= 11 is 1.47. The van der Waals surface area contributed by atoms with Crippen LogP contribution in [0, 0.1) is 18.2 Å². The third kappa shape index (κ3) is 2.90.